The maximum absolute atomic E-state index is 13.0. The highest BCUT2D eigenvalue weighted by molar-refractivity contribution is 5.44. The number of methoxy groups -OCH3 is 1. The van der Waals surface area contributed by atoms with Gasteiger partial charge in [-0.2, -0.15) is 0 Å². The van der Waals surface area contributed by atoms with Crippen LogP contribution in [0.2, 0.25) is 0 Å². The van der Waals surface area contributed by atoms with Gasteiger partial charge in [-0.25, -0.2) is 4.39 Å². The van der Waals surface area contributed by atoms with Crippen LogP contribution in [0.25, 0.3) is 0 Å². The van der Waals surface area contributed by atoms with Crippen LogP contribution in [0.15, 0.2) is 48.5 Å². The second-order valence-corrected chi connectivity index (χ2v) is 3.72. The molecular weight excluding hydrogens is 217 g/mol. The van der Waals surface area contributed by atoms with E-state index in [0.29, 0.717) is 6.54 Å². The molecule has 0 fully saturated rings. The van der Waals surface area contributed by atoms with Gasteiger partial charge in [0.05, 0.1) is 7.11 Å². The Bertz CT molecular complexity index is 499. The maximum atomic E-state index is 13.0. The standard InChI is InChI=1S/C14H14FNO/c1-17-14-7-2-4-11(8-14)10-16-13-6-3-5-12(15)9-13/h2-9,16H,10H2,1H3. The van der Waals surface area contributed by atoms with E-state index in [4.69, 9.17) is 4.74 Å². The van der Waals surface area contributed by atoms with Gasteiger partial charge in [0.25, 0.3) is 0 Å². The summed E-state index contributed by atoms with van der Waals surface area (Å²) in [6, 6.07) is 14.2. The van der Waals surface area contributed by atoms with Crippen molar-refractivity contribution < 1.29 is 9.13 Å². The highest BCUT2D eigenvalue weighted by Gasteiger charge is 1.97. The Balaban J connectivity index is 2.02. The topological polar surface area (TPSA) is 21.3 Å². The molecule has 1 N–H and O–H groups in total. The van der Waals surface area contributed by atoms with E-state index in [1.807, 2.05) is 30.3 Å². The SMILES string of the molecule is COc1cccc(CNc2cccc(F)c2)c1. The number of anilines is 1. The molecule has 0 spiro atoms. The first-order valence-corrected chi connectivity index (χ1v) is 5.40. The number of rotatable bonds is 4. The van der Waals surface area contributed by atoms with Crippen molar-refractivity contribution in [1.82, 2.24) is 0 Å². The van der Waals surface area contributed by atoms with Crippen LogP contribution in [-0.2, 0) is 6.54 Å². The molecule has 0 bridgehead atoms. The second-order valence-electron chi connectivity index (χ2n) is 3.72. The van der Waals surface area contributed by atoms with Gasteiger partial charge in [-0.15, -0.1) is 0 Å². The number of hydrogen-bond donors (Lipinski definition) is 1. The summed E-state index contributed by atoms with van der Waals surface area (Å²) in [5, 5.41) is 3.16. The lowest BCUT2D eigenvalue weighted by Crippen LogP contribution is -1.99. The van der Waals surface area contributed by atoms with Crippen molar-refractivity contribution >= 4 is 5.69 Å². The summed E-state index contributed by atoms with van der Waals surface area (Å²) in [5.74, 6) is 0.587. The molecule has 0 unspecified atom stereocenters. The van der Waals surface area contributed by atoms with Crippen molar-refractivity contribution in [2.75, 3.05) is 12.4 Å². The minimum atomic E-state index is -0.236. The smallest absolute Gasteiger partial charge is 0.125 e. The van der Waals surface area contributed by atoms with E-state index in [2.05, 4.69) is 5.32 Å². The van der Waals surface area contributed by atoms with E-state index < -0.39 is 0 Å². The van der Waals surface area contributed by atoms with Gasteiger partial charge in [0.15, 0.2) is 0 Å². The zero-order chi connectivity index (χ0) is 12.1. The van der Waals surface area contributed by atoms with Crippen molar-refractivity contribution in [3.05, 3.63) is 59.9 Å². The van der Waals surface area contributed by atoms with E-state index in [0.717, 1.165) is 17.0 Å². The molecule has 0 radical (unpaired) electrons. The van der Waals surface area contributed by atoms with Crippen LogP contribution >= 0.6 is 0 Å². The van der Waals surface area contributed by atoms with Crippen molar-refractivity contribution in [3.63, 3.8) is 0 Å². The van der Waals surface area contributed by atoms with Gasteiger partial charge in [0, 0.05) is 12.2 Å². The lowest BCUT2D eigenvalue weighted by Gasteiger charge is -2.07. The quantitative estimate of drug-likeness (QED) is 0.870. The summed E-state index contributed by atoms with van der Waals surface area (Å²) in [6.07, 6.45) is 0. The van der Waals surface area contributed by atoms with Crippen LogP contribution in [0.1, 0.15) is 5.56 Å². The van der Waals surface area contributed by atoms with Gasteiger partial charge in [-0.05, 0) is 35.9 Å². The first-order valence-electron chi connectivity index (χ1n) is 5.40. The first-order chi connectivity index (χ1) is 8.28. The largest absolute Gasteiger partial charge is 0.497 e. The fourth-order valence-electron chi connectivity index (χ4n) is 1.58. The Hall–Kier alpha value is -2.03. The van der Waals surface area contributed by atoms with Crippen molar-refractivity contribution in [3.8, 4) is 5.75 Å². The molecule has 0 aromatic heterocycles. The minimum Gasteiger partial charge on any atom is -0.497 e. The Morgan fingerprint density at radius 1 is 1.12 bits per heavy atom. The summed E-state index contributed by atoms with van der Waals surface area (Å²) in [7, 11) is 1.64. The number of hydrogen-bond acceptors (Lipinski definition) is 2. The Labute approximate surface area is 100 Å². The average molecular weight is 231 g/mol. The Morgan fingerprint density at radius 3 is 2.71 bits per heavy atom. The van der Waals surface area contributed by atoms with E-state index in [-0.39, 0.29) is 5.82 Å². The minimum absolute atomic E-state index is 0.236. The van der Waals surface area contributed by atoms with E-state index in [1.54, 1.807) is 13.2 Å². The maximum Gasteiger partial charge on any atom is 0.125 e. The molecule has 0 aliphatic heterocycles. The summed E-state index contributed by atoms with van der Waals surface area (Å²) in [4.78, 5) is 0. The van der Waals surface area contributed by atoms with Gasteiger partial charge < -0.3 is 10.1 Å². The number of nitrogens with one attached hydrogen (secondary N) is 1. The molecule has 0 aliphatic carbocycles. The molecule has 17 heavy (non-hydrogen) atoms. The molecule has 88 valence electrons. The van der Waals surface area contributed by atoms with Crippen LogP contribution < -0.4 is 10.1 Å². The summed E-state index contributed by atoms with van der Waals surface area (Å²) < 4.78 is 18.1. The summed E-state index contributed by atoms with van der Waals surface area (Å²) in [6.45, 7) is 0.640. The second kappa shape index (κ2) is 5.34. The van der Waals surface area contributed by atoms with Crippen LogP contribution in [0.3, 0.4) is 0 Å². The number of halogens is 1. The van der Waals surface area contributed by atoms with Gasteiger partial charge in [-0.1, -0.05) is 18.2 Å². The van der Waals surface area contributed by atoms with Crippen LogP contribution in [0, 0.1) is 5.82 Å². The molecule has 0 saturated carbocycles. The van der Waals surface area contributed by atoms with Crippen LogP contribution in [0.5, 0.6) is 5.75 Å². The van der Waals surface area contributed by atoms with Gasteiger partial charge >= 0.3 is 0 Å². The lowest BCUT2D eigenvalue weighted by atomic mass is 10.2. The predicted octanol–water partition coefficient (Wildman–Crippen LogP) is 3.45. The van der Waals surface area contributed by atoms with Gasteiger partial charge in [-0.3, -0.25) is 0 Å². The third-order valence-corrected chi connectivity index (χ3v) is 2.46. The summed E-state index contributed by atoms with van der Waals surface area (Å²) >= 11 is 0. The first kappa shape index (κ1) is 11.5. The zero-order valence-corrected chi connectivity index (χ0v) is 9.61. The molecule has 0 saturated heterocycles. The van der Waals surface area contributed by atoms with E-state index in [9.17, 15) is 4.39 Å². The van der Waals surface area contributed by atoms with Gasteiger partial charge in [0.1, 0.15) is 11.6 Å². The molecule has 0 atom stereocenters. The van der Waals surface area contributed by atoms with Crippen molar-refractivity contribution in [2.24, 2.45) is 0 Å². The number of benzene rings is 2. The molecule has 0 amide bonds. The lowest BCUT2D eigenvalue weighted by molar-refractivity contribution is 0.414. The van der Waals surface area contributed by atoms with Crippen molar-refractivity contribution in [1.29, 1.82) is 0 Å². The molecule has 3 heteroatoms. The Kier molecular flexibility index (Phi) is 3.60. The number of ether oxygens (including phenoxy) is 1. The van der Waals surface area contributed by atoms with E-state index >= 15 is 0 Å². The normalized spacial score (nSPS) is 10.0. The van der Waals surface area contributed by atoms with Crippen molar-refractivity contribution in [2.45, 2.75) is 6.54 Å². The molecule has 0 aliphatic rings. The summed E-state index contributed by atoms with van der Waals surface area (Å²) in [5.41, 5.74) is 1.86. The fraction of sp³-hybridized carbons (Fsp3) is 0.143. The monoisotopic (exact) mass is 231 g/mol. The third kappa shape index (κ3) is 3.21. The highest BCUT2D eigenvalue weighted by atomic mass is 19.1. The average Bonchev–Trinajstić information content (AvgIpc) is 2.37. The van der Waals surface area contributed by atoms with Crippen LogP contribution in [-0.4, -0.2) is 7.11 Å². The Morgan fingerprint density at radius 2 is 1.94 bits per heavy atom. The molecule has 2 aromatic rings. The fourth-order valence-corrected chi connectivity index (χ4v) is 1.58. The predicted molar refractivity (Wildman–Crippen MR) is 66.7 cm³/mol. The molecule has 2 aromatic carbocycles. The third-order valence-electron chi connectivity index (χ3n) is 2.46. The molecule has 0 heterocycles. The highest BCUT2D eigenvalue weighted by Crippen LogP contribution is 2.15. The zero-order valence-electron chi connectivity index (χ0n) is 9.61. The van der Waals surface area contributed by atoms with Gasteiger partial charge in [0.2, 0.25) is 0 Å². The molecular formula is C14H14FNO. The molecule has 2 rings (SSSR count). The van der Waals surface area contributed by atoms with E-state index in [1.165, 1.54) is 12.1 Å². The molecule has 2 nitrogen and oxygen atoms in total. The van der Waals surface area contributed by atoms with Crippen LogP contribution in [0.4, 0.5) is 10.1 Å².